The summed E-state index contributed by atoms with van der Waals surface area (Å²) in [4.78, 5) is 13.6. The quantitative estimate of drug-likeness (QED) is 0.623. The predicted molar refractivity (Wildman–Crippen MR) is 109 cm³/mol. The van der Waals surface area contributed by atoms with Crippen LogP contribution in [0.1, 0.15) is 31.7 Å². The highest BCUT2D eigenvalue weighted by molar-refractivity contribution is 6.31. The lowest BCUT2D eigenvalue weighted by Gasteiger charge is -2.35. The van der Waals surface area contributed by atoms with Crippen LogP contribution < -0.4 is 4.90 Å². The Bertz CT molecular complexity index is 939. The van der Waals surface area contributed by atoms with E-state index in [4.69, 9.17) is 20.9 Å². The number of halogens is 1. The molecule has 1 aromatic carbocycles. The van der Waals surface area contributed by atoms with Gasteiger partial charge in [-0.1, -0.05) is 16.8 Å². The number of anilines is 1. The van der Waals surface area contributed by atoms with E-state index in [9.17, 15) is 0 Å². The van der Waals surface area contributed by atoms with Crippen molar-refractivity contribution in [3.8, 4) is 0 Å². The molecule has 0 radical (unpaired) electrons. The second-order valence-electron chi connectivity index (χ2n) is 6.90. The highest BCUT2D eigenvalue weighted by Gasteiger charge is 2.22. The summed E-state index contributed by atoms with van der Waals surface area (Å²) >= 11 is 6.20. The second kappa shape index (κ2) is 8.43. The van der Waals surface area contributed by atoms with Crippen LogP contribution in [0.3, 0.4) is 0 Å². The van der Waals surface area contributed by atoms with Gasteiger partial charge in [0, 0.05) is 55.1 Å². The van der Waals surface area contributed by atoms with Gasteiger partial charge in [0.05, 0.1) is 12.1 Å². The fraction of sp³-hybridized carbons (Fsp3) is 0.450. The van der Waals surface area contributed by atoms with Gasteiger partial charge in [0.25, 0.3) is 0 Å². The van der Waals surface area contributed by atoms with E-state index < -0.39 is 0 Å². The number of aromatic nitrogens is 3. The molecule has 0 spiro atoms. The SMILES string of the molecule is CCOC(C)c1noc(CN2CCN(c3ccnc4ccc(Cl)cc34)CC2)n1. The first-order valence-corrected chi connectivity index (χ1v) is 9.97. The van der Waals surface area contributed by atoms with Crippen LogP contribution in [-0.2, 0) is 11.3 Å². The Balaban J connectivity index is 1.40. The van der Waals surface area contributed by atoms with Gasteiger partial charge < -0.3 is 14.2 Å². The minimum absolute atomic E-state index is 0.147. The molecular formula is C20H24ClN5O2. The zero-order valence-electron chi connectivity index (χ0n) is 16.1. The molecule has 1 aliphatic heterocycles. The van der Waals surface area contributed by atoms with Crippen molar-refractivity contribution in [3.63, 3.8) is 0 Å². The maximum absolute atomic E-state index is 6.20. The van der Waals surface area contributed by atoms with Crippen molar-refractivity contribution in [2.45, 2.75) is 26.5 Å². The molecule has 0 bridgehead atoms. The number of pyridine rings is 1. The maximum atomic E-state index is 6.20. The van der Waals surface area contributed by atoms with Gasteiger partial charge in [-0.3, -0.25) is 9.88 Å². The standard InChI is InChI=1S/C20H24ClN5O2/c1-3-27-14(2)20-23-19(28-24-20)13-25-8-10-26(11-9-25)18-6-7-22-17-5-4-15(21)12-16(17)18/h4-7,12,14H,3,8-11,13H2,1-2H3. The van der Waals surface area contributed by atoms with Crippen molar-refractivity contribution < 1.29 is 9.26 Å². The predicted octanol–water partition coefficient (Wildman–Crippen LogP) is 3.69. The van der Waals surface area contributed by atoms with Crippen LogP contribution in [0.5, 0.6) is 0 Å². The topological polar surface area (TPSA) is 67.5 Å². The molecule has 7 nitrogen and oxygen atoms in total. The molecule has 1 saturated heterocycles. The molecule has 0 aliphatic carbocycles. The van der Waals surface area contributed by atoms with E-state index in [1.165, 1.54) is 5.69 Å². The van der Waals surface area contributed by atoms with Gasteiger partial charge in [0.1, 0.15) is 6.10 Å². The van der Waals surface area contributed by atoms with Crippen LogP contribution in [0.25, 0.3) is 10.9 Å². The monoisotopic (exact) mass is 401 g/mol. The molecule has 28 heavy (non-hydrogen) atoms. The lowest BCUT2D eigenvalue weighted by molar-refractivity contribution is 0.0683. The first-order chi connectivity index (χ1) is 13.6. The molecule has 1 aliphatic rings. The van der Waals surface area contributed by atoms with Crippen molar-refractivity contribution in [2.24, 2.45) is 0 Å². The molecule has 4 rings (SSSR count). The fourth-order valence-corrected chi connectivity index (χ4v) is 3.71. The average Bonchev–Trinajstić information content (AvgIpc) is 3.17. The molecule has 1 fully saturated rings. The zero-order valence-corrected chi connectivity index (χ0v) is 16.9. The number of rotatable bonds is 6. The van der Waals surface area contributed by atoms with E-state index in [-0.39, 0.29) is 6.10 Å². The van der Waals surface area contributed by atoms with E-state index in [1.807, 2.05) is 38.2 Å². The summed E-state index contributed by atoms with van der Waals surface area (Å²) < 4.78 is 10.9. The smallest absolute Gasteiger partial charge is 0.240 e. The van der Waals surface area contributed by atoms with Crippen molar-refractivity contribution in [1.82, 2.24) is 20.0 Å². The van der Waals surface area contributed by atoms with E-state index >= 15 is 0 Å². The van der Waals surface area contributed by atoms with Crippen LogP contribution in [-0.4, -0.2) is 52.8 Å². The molecule has 0 N–H and O–H groups in total. The van der Waals surface area contributed by atoms with Gasteiger partial charge in [-0.15, -0.1) is 0 Å². The van der Waals surface area contributed by atoms with Crippen molar-refractivity contribution >= 4 is 28.2 Å². The third-order valence-electron chi connectivity index (χ3n) is 5.02. The molecule has 1 atom stereocenters. The fourth-order valence-electron chi connectivity index (χ4n) is 3.54. The molecule has 8 heteroatoms. The molecule has 148 valence electrons. The highest BCUT2D eigenvalue weighted by atomic mass is 35.5. The first-order valence-electron chi connectivity index (χ1n) is 9.59. The van der Waals surface area contributed by atoms with Crippen LogP contribution >= 0.6 is 11.6 Å². The third-order valence-corrected chi connectivity index (χ3v) is 5.25. The molecule has 3 aromatic rings. The molecule has 2 aromatic heterocycles. The van der Waals surface area contributed by atoms with Crippen LogP contribution in [0.2, 0.25) is 5.02 Å². The number of hydrogen-bond acceptors (Lipinski definition) is 7. The van der Waals surface area contributed by atoms with Crippen molar-refractivity contribution in [3.05, 3.63) is 47.2 Å². The number of benzene rings is 1. The Morgan fingerprint density at radius 2 is 2.04 bits per heavy atom. The summed E-state index contributed by atoms with van der Waals surface area (Å²) in [6.45, 7) is 8.85. The minimum atomic E-state index is -0.147. The van der Waals surface area contributed by atoms with Gasteiger partial charge in [-0.25, -0.2) is 0 Å². The zero-order chi connectivity index (χ0) is 19.5. The molecule has 1 unspecified atom stereocenters. The number of fused-ring (bicyclic) bond motifs is 1. The van der Waals surface area contributed by atoms with Crippen molar-refractivity contribution in [1.29, 1.82) is 0 Å². The van der Waals surface area contributed by atoms with Gasteiger partial charge in [-0.2, -0.15) is 4.98 Å². The summed E-state index contributed by atoms with van der Waals surface area (Å²) in [5.74, 6) is 1.24. The summed E-state index contributed by atoms with van der Waals surface area (Å²) in [5.41, 5.74) is 2.14. The van der Waals surface area contributed by atoms with Gasteiger partial charge in [-0.05, 0) is 38.1 Å². The molecule has 0 amide bonds. The Hall–Kier alpha value is -2.22. The molecule has 0 saturated carbocycles. The van der Waals surface area contributed by atoms with E-state index in [0.29, 0.717) is 24.9 Å². The Labute approximate surface area is 169 Å². The Morgan fingerprint density at radius 3 is 2.82 bits per heavy atom. The average molecular weight is 402 g/mol. The van der Waals surface area contributed by atoms with Crippen LogP contribution in [0.15, 0.2) is 35.0 Å². The number of hydrogen-bond donors (Lipinski definition) is 0. The summed E-state index contributed by atoms with van der Waals surface area (Å²) in [7, 11) is 0. The van der Waals surface area contributed by atoms with Crippen molar-refractivity contribution in [2.75, 3.05) is 37.7 Å². The maximum Gasteiger partial charge on any atom is 0.240 e. The Kier molecular flexibility index (Phi) is 5.75. The van der Waals surface area contributed by atoms with E-state index in [2.05, 4.69) is 31.0 Å². The highest BCUT2D eigenvalue weighted by Crippen LogP contribution is 2.28. The van der Waals surface area contributed by atoms with Crippen LogP contribution in [0.4, 0.5) is 5.69 Å². The molecule has 3 heterocycles. The second-order valence-corrected chi connectivity index (χ2v) is 7.34. The van der Waals surface area contributed by atoms with Gasteiger partial charge in [0.2, 0.25) is 5.89 Å². The van der Waals surface area contributed by atoms with E-state index in [0.717, 1.165) is 42.1 Å². The lowest BCUT2D eigenvalue weighted by Crippen LogP contribution is -2.46. The normalized spacial score (nSPS) is 16.6. The summed E-state index contributed by atoms with van der Waals surface area (Å²) in [6, 6.07) is 7.90. The summed E-state index contributed by atoms with van der Waals surface area (Å²) in [5, 5.41) is 5.86. The third kappa shape index (κ3) is 4.11. The number of nitrogens with zero attached hydrogens (tertiary/aromatic N) is 5. The number of ether oxygens (including phenoxy) is 1. The lowest BCUT2D eigenvalue weighted by atomic mass is 10.1. The minimum Gasteiger partial charge on any atom is -0.371 e. The number of piperazine rings is 1. The van der Waals surface area contributed by atoms with Crippen LogP contribution in [0, 0.1) is 0 Å². The molecular weight excluding hydrogens is 378 g/mol. The van der Waals surface area contributed by atoms with E-state index in [1.54, 1.807) is 0 Å². The first kappa shape index (κ1) is 19.1. The largest absolute Gasteiger partial charge is 0.371 e. The summed E-state index contributed by atoms with van der Waals surface area (Å²) in [6.07, 6.45) is 1.71. The Morgan fingerprint density at radius 1 is 1.21 bits per heavy atom. The van der Waals surface area contributed by atoms with Gasteiger partial charge in [0.15, 0.2) is 5.82 Å². The van der Waals surface area contributed by atoms with Gasteiger partial charge >= 0.3 is 0 Å².